The minimum absolute atomic E-state index is 0.0244. The monoisotopic (exact) mass is 409 g/mol. The number of nitrogens with two attached hydrogens (primary N) is 1. The van der Waals surface area contributed by atoms with Gasteiger partial charge in [0.25, 0.3) is 15.9 Å². The number of primary sulfonamides is 1. The zero-order valence-electron chi connectivity index (χ0n) is 14.7. The molecule has 3 aromatic rings. The molecule has 3 rings (SSSR count). The Hall–Kier alpha value is -3.38. The molecule has 0 aliphatic rings. The van der Waals surface area contributed by atoms with Crippen molar-refractivity contribution < 1.29 is 36.4 Å². The first kappa shape index (κ1) is 19.4. The van der Waals surface area contributed by atoms with Crippen molar-refractivity contribution in [3.63, 3.8) is 0 Å². The molecule has 28 heavy (non-hydrogen) atoms. The summed E-state index contributed by atoms with van der Waals surface area (Å²) in [5.74, 6) is 0.0600. The zero-order chi connectivity index (χ0) is 20.3. The number of rotatable bonds is 7. The lowest BCUT2D eigenvalue weighted by Gasteiger charge is -2.07. The summed E-state index contributed by atoms with van der Waals surface area (Å²) < 4.78 is 47.5. The highest BCUT2D eigenvalue weighted by Gasteiger charge is 2.20. The van der Waals surface area contributed by atoms with Crippen LogP contribution >= 0.6 is 0 Å². The predicted molar refractivity (Wildman–Crippen MR) is 92.0 cm³/mol. The van der Waals surface area contributed by atoms with E-state index in [1.165, 1.54) is 14.2 Å². The van der Waals surface area contributed by atoms with E-state index in [1.54, 1.807) is 18.2 Å². The van der Waals surface area contributed by atoms with Gasteiger partial charge in [-0.05, 0) is 30.3 Å². The van der Waals surface area contributed by atoms with Gasteiger partial charge in [-0.3, -0.25) is 0 Å². The third kappa shape index (κ3) is 4.13. The van der Waals surface area contributed by atoms with Gasteiger partial charge in [-0.2, -0.15) is 4.98 Å². The van der Waals surface area contributed by atoms with Crippen LogP contribution in [0.3, 0.4) is 0 Å². The summed E-state index contributed by atoms with van der Waals surface area (Å²) in [7, 11) is -1.04. The maximum Gasteiger partial charge on any atom is 0.374 e. The van der Waals surface area contributed by atoms with E-state index in [0.717, 1.165) is 12.1 Å². The summed E-state index contributed by atoms with van der Waals surface area (Å²) in [6, 6.07) is 7.24. The maximum absolute atomic E-state index is 11.9. The van der Waals surface area contributed by atoms with Gasteiger partial charge in [-0.15, -0.1) is 0 Å². The van der Waals surface area contributed by atoms with Crippen LogP contribution in [0.4, 0.5) is 0 Å². The summed E-state index contributed by atoms with van der Waals surface area (Å²) >= 11 is 0. The van der Waals surface area contributed by atoms with Crippen molar-refractivity contribution in [1.29, 1.82) is 0 Å². The van der Waals surface area contributed by atoms with E-state index < -0.39 is 21.1 Å². The van der Waals surface area contributed by atoms with E-state index in [0.29, 0.717) is 17.1 Å². The molecule has 12 heteroatoms. The van der Waals surface area contributed by atoms with Crippen LogP contribution in [0.15, 0.2) is 44.4 Å². The Labute approximate surface area is 159 Å². The van der Waals surface area contributed by atoms with Crippen molar-refractivity contribution >= 4 is 16.0 Å². The Bertz CT molecular complexity index is 1100. The Kier molecular flexibility index (Phi) is 5.33. The smallest absolute Gasteiger partial charge is 0.374 e. The molecule has 0 amide bonds. The summed E-state index contributed by atoms with van der Waals surface area (Å²) in [6.07, 6.45) is 0. The lowest BCUT2D eigenvalue weighted by molar-refractivity contribution is 0.0388. The van der Waals surface area contributed by atoms with Crippen molar-refractivity contribution in [3.8, 4) is 22.9 Å². The van der Waals surface area contributed by atoms with Gasteiger partial charge in [0.2, 0.25) is 16.7 Å². The molecule has 11 nitrogen and oxygen atoms in total. The minimum atomic E-state index is -4.06. The largest absolute Gasteiger partial charge is 0.493 e. The van der Waals surface area contributed by atoms with Gasteiger partial charge in [-0.25, -0.2) is 18.4 Å². The molecule has 0 aliphatic carbocycles. The van der Waals surface area contributed by atoms with Crippen LogP contribution < -0.4 is 14.6 Å². The number of hydrogen-bond donors (Lipinski definition) is 1. The van der Waals surface area contributed by atoms with Crippen LogP contribution in [0.5, 0.6) is 11.5 Å². The summed E-state index contributed by atoms with van der Waals surface area (Å²) in [5, 5.41) is 8.17. The first-order valence-electron chi connectivity index (χ1n) is 7.66. The van der Waals surface area contributed by atoms with E-state index in [9.17, 15) is 13.2 Å². The van der Waals surface area contributed by atoms with Gasteiger partial charge < -0.3 is 23.2 Å². The second kappa shape index (κ2) is 7.70. The number of ether oxygens (including phenoxy) is 3. The highest BCUT2D eigenvalue weighted by Crippen LogP contribution is 2.31. The van der Waals surface area contributed by atoms with Crippen LogP contribution in [0.2, 0.25) is 0 Å². The van der Waals surface area contributed by atoms with Crippen molar-refractivity contribution in [1.82, 2.24) is 10.1 Å². The molecular formula is C16H15N3O8S. The van der Waals surface area contributed by atoms with Crippen LogP contribution in [0.1, 0.15) is 16.4 Å². The molecular weight excluding hydrogens is 394 g/mol. The average molecular weight is 409 g/mol. The number of aromatic nitrogens is 2. The third-order valence-corrected chi connectivity index (χ3v) is 4.28. The van der Waals surface area contributed by atoms with E-state index in [2.05, 4.69) is 10.1 Å². The summed E-state index contributed by atoms with van der Waals surface area (Å²) in [4.78, 5) is 16.0. The molecule has 0 radical (unpaired) electrons. The Balaban J connectivity index is 1.68. The standard InChI is InChI=1S/C16H15N3O8S/c1-23-10-4-3-9(7-12(10)24-2)15-18-13(27-19-15)8-25-16(20)11-5-6-14(26-11)28(17,21)22/h3-7H,8H2,1-2H3,(H2,17,21,22). The molecule has 2 N–H and O–H groups in total. The summed E-state index contributed by atoms with van der Waals surface area (Å²) in [6.45, 7) is -0.343. The van der Waals surface area contributed by atoms with Gasteiger partial charge in [0, 0.05) is 5.56 Å². The van der Waals surface area contributed by atoms with Crippen LogP contribution in [-0.4, -0.2) is 38.7 Å². The molecule has 2 heterocycles. The van der Waals surface area contributed by atoms with Crippen molar-refractivity contribution in [3.05, 3.63) is 42.0 Å². The molecule has 0 fully saturated rings. The molecule has 0 saturated heterocycles. The number of esters is 1. The van der Waals surface area contributed by atoms with Crippen molar-refractivity contribution in [2.45, 2.75) is 11.7 Å². The Morgan fingerprint density at radius 3 is 2.54 bits per heavy atom. The van der Waals surface area contributed by atoms with E-state index in [-0.39, 0.29) is 24.1 Å². The predicted octanol–water partition coefficient (Wildman–Crippen LogP) is 1.35. The zero-order valence-corrected chi connectivity index (χ0v) is 15.6. The van der Waals surface area contributed by atoms with Gasteiger partial charge in [0.15, 0.2) is 18.1 Å². The number of sulfonamides is 1. The van der Waals surface area contributed by atoms with Crippen molar-refractivity contribution in [2.24, 2.45) is 5.14 Å². The average Bonchev–Trinajstić information content (AvgIpc) is 3.35. The number of nitrogens with zero attached hydrogens (tertiary/aromatic N) is 2. The topological polar surface area (TPSA) is 157 Å². The summed E-state index contributed by atoms with van der Waals surface area (Å²) in [5.41, 5.74) is 0.600. The number of hydrogen-bond acceptors (Lipinski definition) is 10. The minimum Gasteiger partial charge on any atom is -0.493 e. The molecule has 148 valence electrons. The molecule has 0 unspecified atom stereocenters. The van der Waals surface area contributed by atoms with E-state index in [1.807, 2.05) is 0 Å². The number of benzene rings is 1. The number of carbonyl (C=O) groups excluding carboxylic acids is 1. The molecule has 0 atom stereocenters. The first-order chi connectivity index (χ1) is 13.3. The van der Waals surface area contributed by atoms with Gasteiger partial charge in [-0.1, -0.05) is 5.16 Å². The normalized spacial score (nSPS) is 11.2. The fourth-order valence-corrected chi connectivity index (χ4v) is 2.65. The van der Waals surface area contributed by atoms with Crippen LogP contribution in [0, 0.1) is 0 Å². The van der Waals surface area contributed by atoms with E-state index >= 15 is 0 Å². The van der Waals surface area contributed by atoms with Gasteiger partial charge >= 0.3 is 5.97 Å². The van der Waals surface area contributed by atoms with Gasteiger partial charge in [0.1, 0.15) is 0 Å². The molecule has 0 bridgehead atoms. The van der Waals surface area contributed by atoms with Crippen LogP contribution in [-0.2, 0) is 21.4 Å². The third-order valence-electron chi connectivity index (χ3n) is 3.50. The van der Waals surface area contributed by atoms with E-state index in [4.69, 9.17) is 28.3 Å². The molecule has 0 aliphatic heterocycles. The first-order valence-corrected chi connectivity index (χ1v) is 9.21. The molecule has 2 aromatic heterocycles. The number of methoxy groups -OCH3 is 2. The second-order valence-corrected chi connectivity index (χ2v) is 6.81. The number of furan rings is 1. The lowest BCUT2D eigenvalue weighted by Crippen LogP contribution is -2.11. The second-order valence-electron chi connectivity index (χ2n) is 5.32. The fourth-order valence-electron chi connectivity index (χ4n) is 2.19. The van der Waals surface area contributed by atoms with Crippen LogP contribution in [0.25, 0.3) is 11.4 Å². The molecule has 1 aromatic carbocycles. The molecule has 0 spiro atoms. The Morgan fingerprint density at radius 2 is 1.89 bits per heavy atom. The highest BCUT2D eigenvalue weighted by molar-refractivity contribution is 7.89. The highest BCUT2D eigenvalue weighted by atomic mass is 32.2. The quantitative estimate of drug-likeness (QED) is 0.565. The maximum atomic E-state index is 11.9. The fraction of sp³-hybridized carbons (Fsp3) is 0.188. The Morgan fingerprint density at radius 1 is 1.14 bits per heavy atom. The molecule has 0 saturated carbocycles. The lowest BCUT2D eigenvalue weighted by atomic mass is 10.2. The SMILES string of the molecule is COc1ccc(-c2noc(COC(=O)c3ccc(S(N)(=O)=O)o3)n2)cc1OC. The van der Waals surface area contributed by atoms with Crippen molar-refractivity contribution in [2.75, 3.05) is 14.2 Å². The number of carbonyl (C=O) groups is 1. The van der Waals surface area contributed by atoms with Gasteiger partial charge in [0.05, 0.1) is 14.2 Å².